The van der Waals surface area contributed by atoms with Crippen molar-refractivity contribution in [3.8, 4) is 0 Å². The molecule has 0 bridgehead atoms. The molecule has 0 spiro atoms. The van der Waals surface area contributed by atoms with Crippen LogP contribution in [0.1, 0.15) is 11.1 Å². The third kappa shape index (κ3) is 5.43. The number of aromatic nitrogens is 2. The molecule has 0 radical (unpaired) electrons. The Morgan fingerprint density at radius 1 is 1.26 bits per heavy atom. The number of hydrogen-bond acceptors (Lipinski definition) is 3. The number of amides is 2. The first-order valence-electron chi connectivity index (χ1n) is 7.27. The van der Waals surface area contributed by atoms with Crippen molar-refractivity contribution < 1.29 is 9.59 Å². The molecule has 2 amide bonds. The molecule has 1 heterocycles. The molecule has 0 aliphatic carbocycles. The van der Waals surface area contributed by atoms with Gasteiger partial charge in [0.25, 0.3) is 0 Å². The molecule has 0 aliphatic rings. The Morgan fingerprint density at radius 2 is 2.00 bits per heavy atom. The van der Waals surface area contributed by atoms with E-state index in [-0.39, 0.29) is 18.4 Å². The van der Waals surface area contributed by atoms with Crippen molar-refractivity contribution in [2.45, 2.75) is 6.54 Å². The second-order valence-corrected chi connectivity index (χ2v) is 5.30. The fourth-order valence-electron chi connectivity index (χ4n) is 1.87. The van der Waals surface area contributed by atoms with Crippen LogP contribution in [0.2, 0.25) is 0 Å². The summed E-state index contributed by atoms with van der Waals surface area (Å²) < 4.78 is 1.81. The fourth-order valence-corrected chi connectivity index (χ4v) is 1.87. The Labute approximate surface area is 135 Å². The van der Waals surface area contributed by atoms with Gasteiger partial charge in [0.1, 0.15) is 0 Å². The van der Waals surface area contributed by atoms with E-state index >= 15 is 0 Å². The van der Waals surface area contributed by atoms with Crippen LogP contribution in [0.25, 0.3) is 6.08 Å². The standard InChI is InChI=1S/C17H20N4O2/c1-20(2)17(23)11-18-16(22)9-8-15-10-19-21(13-15)12-14-6-4-3-5-7-14/h3-10,13H,11-12H2,1-2H3,(H,18,22)/b9-8+. The van der Waals surface area contributed by atoms with Crippen molar-refractivity contribution in [3.05, 3.63) is 59.9 Å². The van der Waals surface area contributed by atoms with Crippen LogP contribution < -0.4 is 5.32 Å². The topological polar surface area (TPSA) is 67.2 Å². The molecule has 0 fully saturated rings. The minimum atomic E-state index is -0.309. The lowest BCUT2D eigenvalue weighted by molar-refractivity contribution is -0.129. The van der Waals surface area contributed by atoms with E-state index in [0.29, 0.717) is 6.54 Å². The lowest BCUT2D eigenvalue weighted by Gasteiger charge is -2.09. The lowest BCUT2D eigenvalue weighted by Crippen LogP contribution is -2.35. The van der Waals surface area contributed by atoms with Crippen molar-refractivity contribution in [2.75, 3.05) is 20.6 Å². The number of nitrogens with zero attached hydrogens (tertiary/aromatic N) is 3. The van der Waals surface area contributed by atoms with Crippen molar-refractivity contribution in [3.63, 3.8) is 0 Å². The quantitative estimate of drug-likeness (QED) is 0.814. The number of carbonyl (C=O) groups excluding carboxylic acids is 2. The molecule has 0 unspecified atom stereocenters. The molecule has 2 rings (SSSR count). The van der Waals surface area contributed by atoms with Gasteiger partial charge in [-0.15, -0.1) is 0 Å². The van der Waals surface area contributed by atoms with Gasteiger partial charge < -0.3 is 10.2 Å². The summed E-state index contributed by atoms with van der Waals surface area (Å²) in [4.78, 5) is 24.4. The Morgan fingerprint density at radius 3 is 2.70 bits per heavy atom. The predicted molar refractivity (Wildman–Crippen MR) is 88.5 cm³/mol. The molecule has 120 valence electrons. The summed E-state index contributed by atoms with van der Waals surface area (Å²) in [7, 11) is 3.29. The second-order valence-electron chi connectivity index (χ2n) is 5.30. The first kappa shape index (κ1) is 16.5. The summed E-state index contributed by atoms with van der Waals surface area (Å²) >= 11 is 0. The van der Waals surface area contributed by atoms with E-state index in [1.807, 2.05) is 41.2 Å². The second kappa shape index (κ2) is 7.93. The van der Waals surface area contributed by atoms with E-state index in [1.54, 1.807) is 26.4 Å². The number of hydrogen-bond donors (Lipinski definition) is 1. The average Bonchev–Trinajstić information content (AvgIpc) is 2.99. The summed E-state index contributed by atoms with van der Waals surface area (Å²) in [5, 5.41) is 6.80. The van der Waals surface area contributed by atoms with Crippen LogP contribution in [0.5, 0.6) is 0 Å². The summed E-state index contributed by atoms with van der Waals surface area (Å²) in [6.45, 7) is 0.668. The number of rotatable bonds is 6. The maximum Gasteiger partial charge on any atom is 0.244 e. The zero-order chi connectivity index (χ0) is 16.7. The molecule has 0 aliphatic heterocycles. The SMILES string of the molecule is CN(C)C(=O)CNC(=O)/C=C/c1cnn(Cc2ccccc2)c1. The Bertz CT molecular complexity index is 690. The van der Waals surface area contributed by atoms with E-state index in [0.717, 1.165) is 11.1 Å². The molecule has 6 heteroatoms. The average molecular weight is 312 g/mol. The first-order valence-corrected chi connectivity index (χ1v) is 7.27. The first-order chi connectivity index (χ1) is 11.0. The largest absolute Gasteiger partial charge is 0.347 e. The maximum absolute atomic E-state index is 11.6. The zero-order valence-electron chi connectivity index (χ0n) is 13.3. The highest BCUT2D eigenvalue weighted by atomic mass is 16.2. The molecule has 23 heavy (non-hydrogen) atoms. The smallest absolute Gasteiger partial charge is 0.244 e. The fraction of sp³-hybridized carbons (Fsp3) is 0.235. The van der Waals surface area contributed by atoms with Gasteiger partial charge in [0.15, 0.2) is 0 Å². The van der Waals surface area contributed by atoms with Crippen LogP contribution in [0.15, 0.2) is 48.8 Å². The molecular weight excluding hydrogens is 292 g/mol. The molecule has 6 nitrogen and oxygen atoms in total. The van der Waals surface area contributed by atoms with Crippen LogP contribution in [0.4, 0.5) is 0 Å². The van der Waals surface area contributed by atoms with E-state index in [9.17, 15) is 9.59 Å². The number of benzene rings is 1. The highest BCUT2D eigenvalue weighted by molar-refractivity contribution is 5.94. The monoisotopic (exact) mass is 312 g/mol. The van der Waals surface area contributed by atoms with E-state index in [4.69, 9.17) is 0 Å². The summed E-state index contributed by atoms with van der Waals surface area (Å²) in [6.07, 6.45) is 6.62. The van der Waals surface area contributed by atoms with Crippen molar-refractivity contribution in [1.82, 2.24) is 20.0 Å². The number of likely N-dealkylation sites (N-methyl/N-ethyl adjacent to an activating group) is 1. The summed E-state index contributed by atoms with van der Waals surface area (Å²) in [6, 6.07) is 10.0. The Balaban J connectivity index is 1.86. The highest BCUT2D eigenvalue weighted by Gasteiger charge is 2.04. The van der Waals surface area contributed by atoms with Gasteiger partial charge in [0.2, 0.25) is 11.8 Å². The van der Waals surface area contributed by atoms with Gasteiger partial charge in [0, 0.05) is 31.9 Å². The van der Waals surface area contributed by atoms with Crippen LogP contribution in [-0.4, -0.2) is 47.1 Å². The van der Waals surface area contributed by atoms with Crippen LogP contribution in [0, 0.1) is 0 Å². The van der Waals surface area contributed by atoms with Crippen LogP contribution in [-0.2, 0) is 16.1 Å². The minimum absolute atomic E-state index is 0.0105. The number of nitrogens with one attached hydrogen (secondary N) is 1. The molecule has 0 saturated heterocycles. The number of carbonyl (C=O) groups is 2. The minimum Gasteiger partial charge on any atom is -0.347 e. The van der Waals surface area contributed by atoms with Gasteiger partial charge in [-0.2, -0.15) is 5.10 Å². The van der Waals surface area contributed by atoms with E-state index in [1.165, 1.54) is 11.0 Å². The normalized spacial score (nSPS) is 10.7. The molecular formula is C17H20N4O2. The highest BCUT2D eigenvalue weighted by Crippen LogP contribution is 2.05. The zero-order valence-corrected chi connectivity index (χ0v) is 13.3. The van der Waals surface area contributed by atoms with Crippen LogP contribution in [0.3, 0.4) is 0 Å². The van der Waals surface area contributed by atoms with Gasteiger partial charge in [-0.1, -0.05) is 30.3 Å². The molecule has 1 N–H and O–H groups in total. The van der Waals surface area contributed by atoms with Gasteiger partial charge >= 0.3 is 0 Å². The predicted octanol–water partition coefficient (Wildman–Crippen LogP) is 1.15. The van der Waals surface area contributed by atoms with Crippen molar-refractivity contribution in [2.24, 2.45) is 0 Å². The maximum atomic E-state index is 11.6. The van der Waals surface area contributed by atoms with E-state index < -0.39 is 0 Å². The summed E-state index contributed by atoms with van der Waals surface area (Å²) in [5.41, 5.74) is 1.99. The molecule has 0 atom stereocenters. The molecule has 2 aromatic rings. The third-order valence-electron chi connectivity index (χ3n) is 3.18. The Kier molecular flexibility index (Phi) is 5.68. The van der Waals surface area contributed by atoms with Gasteiger partial charge in [-0.25, -0.2) is 0 Å². The van der Waals surface area contributed by atoms with Gasteiger partial charge in [-0.05, 0) is 11.6 Å². The lowest BCUT2D eigenvalue weighted by atomic mass is 10.2. The van der Waals surface area contributed by atoms with Crippen molar-refractivity contribution in [1.29, 1.82) is 0 Å². The van der Waals surface area contributed by atoms with Crippen molar-refractivity contribution >= 4 is 17.9 Å². The van der Waals surface area contributed by atoms with Gasteiger partial charge in [0.05, 0.1) is 19.3 Å². The molecule has 0 saturated carbocycles. The van der Waals surface area contributed by atoms with Gasteiger partial charge in [-0.3, -0.25) is 14.3 Å². The van der Waals surface area contributed by atoms with E-state index in [2.05, 4.69) is 10.4 Å². The molecule has 1 aromatic heterocycles. The third-order valence-corrected chi connectivity index (χ3v) is 3.18. The van der Waals surface area contributed by atoms with Crippen LogP contribution >= 0.6 is 0 Å². The molecule has 1 aromatic carbocycles. The Hall–Kier alpha value is -2.89. The summed E-state index contributed by atoms with van der Waals surface area (Å²) in [5.74, 6) is -0.460.